The predicted molar refractivity (Wildman–Crippen MR) is 92.2 cm³/mol. The van der Waals surface area contributed by atoms with Gasteiger partial charge in [0.1, 0.15) is 0 Å². The van der Waals surface area contributed by atoms with E-state index in [2.05, 4.69) is 40.9 Å². The fourth-order valence-corrected chi connectivity index (χ4v) is 5.30. The number of rotatable bonds is 5. The first-order chi connectivity index (χ1) is 10.3. The lowest BCUT2D eigenvalue weighted by molar-refractivity contribution is 0.286. The molecule has 0 bridgehead atoms. The molecule has 2 heterocycles. The molecule has 1 aromatic rings. The number of thioether (sulfide) groups is 1. The average Bonchev–Trinajstić information content (AvgIpc) is 2.83. The average molecular weight is 301 g/mol. The first kappa shape index (κ1) is 14.1. The van der Waals surface area contributed by atoms with Crippen LogP contribution in [-0.2, 0) is 6.42 Å². The van der Waals surface area contributed by atoms with Crippen molar-refractivity contribution in [3.63, 3.8) is 0 Å². The Bertz CT molecular complexity index is 473. The maximum absolute atomic E-state index is 2.71. The maximum atomic E-state index is 2.71. The van der Waals surface area contributed by atoms with Gasteiger partial charge in [-0.2, -0.15) is 11.8 Å². The molecule has 1 nitrogen and oxygen atoms in total. The van der Waals surface area contributed by atoms with Crippen LogP contribution in [0.5, 0.6) is 0 Å². The second kappa shape index (κ2) is 5.96. The zero-order chi connectivity index (χ0) is 14.1. The van der Waals surface area contributed by atoms with E-state index in [1.807, 2.05) is 0 Å². The molecule has 1 saturated carbocycles. The highest BCUT2D eigenvalue weighted by Gasteiger charge is 2.43. The zero-order valence-corrected chi connectivity index (χ0v) is 13.8. The molecule has 0 radical (unpaired) electrons. The van der Waals surface area contributed by atoms with Gasteiger partial charge < -0.3 is 4.90 Å². The Hall–Kier alpha value is -0.470. The summed E-state index contributed by atoms with van der Waals surface area (Å²) in [5.41, 5.74) is 3.84. The molecule has 0 N–H and O–H groups in total. The van der Waals surface area contributed by atoms with Gasteiger partial charge in [-0.15, -0.1) is 0 Å². The number of likely N-dealkylation sites (tertiary alicyclic amines) is 1. The molecule has 21 heavy (non-hydrogen) atoms. The Morgan fingerprint density at radius 2 is 1.95 bits per heavy atom. The van der Waals surface area contributed by atoms with Crippen LogP contribution in [0.1, 0.15) is 49.1 Å². The molecule has 2 saturated heterocycles. The molecule has 0 amide bonds. The van der Waals surface area contributed by atoms with Gasteiger partial charge in [0, 0.05) is 23.5 Å². The highest BCUT2D eigenvalue weighted by atomic mass is 32.2. The van der Waals surface area contributed by atoms with Gasteiger partial charge in [0.2, 0.25) is 0 Å². The largest absolute Gasteiger partial charge is 0.303 e. The molecule has 3 fully saturated rings. The highest BCUT2D eigenvalue weighted by molar-refractivity contribution is 8.00. The van der Waals surface area contributed by atoms with E-state index in [-0.39, 0.29) is 0 Å². The van der Waals surface area contributed by atoms with Gasteiger partial charge in [-0.05, 0) is 62.2 Å². The third-order valence-corrected chi connectivity index (χ3v) is 7.46. The first-order valence-corrected chi connectivity index (χ1v) is 9.88. The summed E-state index contributed by atoms with van der Waals surface area (Å²) in [7, 11) is 0. The second-order valence-corrected chi connectivity index (χ2v) is 8.48. The van der Waals surface area contributed by atoms with Gasteiger partial charge in [0.25, 0.3) is 0 Å². The first-order valence-electron chi connectivity index (χ1n) is 8.72. The maximum Gasteiger partial charge on any atom is 0.00543 e. The molecule has 114 valence electrons. The van der Waals surface area contributed by atoms with Gasteiger partial charge in [-0.3, -0.25) is 0 Å². The van der Waals surface area contributed by atoms with E-state index < -0.39 is 0 Å². The Morgan fingerprint density at radius 3 is 2.52 bits per heavy atom. The van der Waals surface area contributed by atoms with Crippen LogP contribution in [0.25, 0.3) is 0 Å². The monoisotopic (exact) mass is 301 g/mol. The van der Waals surface area contributed by atoms with Gasteiger partial charge in [-0.25, -0.2) is 0 Å². The molecule has 1 aromatic carbocycles. The van der Waals surface area contributed by atoms with Crippen LogP contribution in [0, 0.1) is 5.41 Å². The van der Waals surface area contributed by atoms with E-state index in [4.69, 9.17) is 0 Å². The summed E-state index contributed by atoms with van der Waals surface area (Å²) in [5, 5.41) is 0. The Kier molecular flexibility index (Phi) is 4.02. The Balaban J connectivity index is 1.22. The van der Waals surface area contributed by atoms with E-state index in [9.17, 15) is 0 Å². The van der Waals surface area contributed by atoms with Crippen molar-refractivity contribution in [3.05, 3.63) is 35.4 Å². The van der Waals surface area contributed by atoms with Crippen molar-refractivity contribution in [1.29, 1.82) is 0 Å². The standard InChI is InChI=1S/C19H27NS/c1-4-17(5-1)18-8-6-16(7-9-18)3-2-11-20-12-10-19(13-20)14-21-15-19/h6-9,17H,1-5,10-15H2. The van der Waals surface area contributed by atoms with Crippen LogP contribution in [-0.4, -0.2) is 36.0 Å². The topological polar surface area (TPSA) is 3.24 Å². The van der Waals surface area contributed by atoms with Crippen LogP contribution in [0.2, 0.25) is 0 Å². The highest BCUT2D eigenvalue weighted by Crippen LogP contribution is 2.45. The lowest BCUT2D eigenvalue weighted by atomic mass is 9.80. The van der Waals surface area contributed by atoms with E-state index in [1.165, 1.54) is 75.2 Å². The van der Waals surface area contributed by atoms with Crippen LogP contribution >= 0.6 is 11.8 Å². The molecule has 0 aromatic heterocycles. The van der Waals surface area contributed by atoms with E-state index in [0.717, 1.165) is 11.3 Å². The zero-order valence-electron chi connectivity index (χ0n) is 13.0. The van der Waals surface area contributed by atoms with Crippen molar-refractivity contribution in [1.82, 2.24) is 4.90 Å². The minimum Gasteiger partial charge on any atom is -0.303 e. The van der Waals surface area contributed by atoms with Crippen LogP contribution in [0.15, 0.2) is 24.3 Å². The fraction of sp³-hybridized carbons (Fsp3) is 0.684. The molecule has 3 aliphatic rings. The number of nitrogens with zero attached hydrogens (tertiary/aromatic N) is 1. The van der Waals surface area contributed by atoms with Crippen molar-refractivity contribution in [2.45, 2.75) is 44.4 Å². The molecule has 1 spiro atoms. The number of hydrogen-bond donors (Lipinski definition) is 0. The Morgan fingerprint density at radius 1 is 1.14 bits per heavy atom. The third-order valence-electron chi connectivity index (χ3n) is 5.83. The van der Waals surface area contributed by atoms with Gasteiger partial charge in [0.15, 0.2) is 0 Å². The van der Waals surface area contributed by atoms with Crippen molar-refractivity contribution in [3.8, 4) is 0 Å². The summed E-state index contributed by atoms with van der Waals surface area (Å²) in [4.78, 5) is 2.71. The molecular formula is C19H27NS. The van der Waals surface area contributed by atoms with Crippen LogP contribution < -0.4 is 0 Å². The summed E-state index contributed by atoms with van der Waals surface area (Å²) in [6, 6.07) is 9.52. The molecular weight excluding hydrogens is 274 g/mol. The summed E-state index contributed by atoms with van der Waals surface area (Å²) in [5.74, 6) is 3.72. The minimum atomic E-state index is 0.731. The smallest absolute Gasteiger partial charge is 0.00543 e. The van der Waals surface area contributed by atoms with Crippen LogP contribution in [0.3, 0.4) is 0 Å². The number of hydrogen-bond acceptors (Lipinski definition) is 2. The normalized spacial score (nSPS) is 25.0. The number of aryl methyl sites for hydroxylation is 1. The summed E-state index contributed by atoms with van der Waals surface area (Å²) < 4.78 is 0. The van der Waals surface area contributed by atoms with Crippen molar-refractivity contribution in [2.24, 2.45) is 5.41 Å². The van der Waals surface area contributed by atoms with Gasteiger partial charge in [0.05, 0.1) is 0 Å². The summed E-state index contributed by atoms with van der Waals surface area (Å²) >= 11 is 2.14. The molecule has 2 aliphatic heterocycles. The molecule has 0 atom stereocenters. The van der Waals surface area contributed by atoms with Crippen LogP contribution in [0.4, 0.5) is 0 Å². The lowest BCUT2D eigenvalue weighted by Crippen LogP contribution is -2.38. The summed E-state index contributed by atoms with van der Waals surface area (Å²) in [6.45, 7) is 4.03. The van der Waals surface area contributed by atoms with Gasteiger partial charge >= 0.3 is 0 Å². The van der Waals surface area contributed by atoms with E-state index in [0.29, 0.717) is 0 Å². The van der Waals surface area contributed by atoms with Gasteiger partial charge in [-0.1, -0.05) is 30.7 Å². The second-order valence-electron chi connectivity index (χ2n) is 7.49. The molecule has 2 heteroatoms. The molecule has 4 rings (SSSR count). The summed E-state index contributed by atoms with van der Waals surface area (Å²) in [6.07, 6.45) is 8.29. The predicted octanol–water partition coefficient (Wildman–Crippen LogP) is 4.33. The SMILES string of the molecule is c1cc(C2CCC2)ccc1CCCN1CCC2(CSC2)C1. The minimum absolute atomic E-state index is 0.731. The number of benzene rings is 1. The third kappa shape index (κ3) is 3.03. The van der Waals surface area contributed by atoms with Crippen molar-refractivity contribution >= 4 is 11.8 Å². The quantitative estimate of drug-likeness (QED) is 0.796. The van der Waals surface area contributed by atoms with Crippen molar-refractivity contribution < 1.29 is 0 Å². The van der Waals surface area contributed by atoms with E-state index >= 15 is 0 Å². The lowest BCUT2D eigenvalue weighted by Gasteiger charge is -2.37. The Labute approximate surface area is 133 Å². The van der Waals surface area contributed by atoms with Crippen molar-refractivity contribution in [2.75, 3.05) is 31.1 Å². The fourth-order valence-electron chi connectivity index (χ4n) is 4.05. The van der Waals surface area contributed by atoms with E-state index in [1.54, 1.807) is 5.56 Å². The molecule has 1 aliphatic carbocycles. The molecule has 0 unspecified atom stereocenters.